The molecule has 0 aliphatic heterocycles. The van der Waals surface area contributed by atoms with E-state index in [4.69, 9.17) is 22.7 Å². The molecule has 0 spiro atoms. The van der Waals surface area contributed by atoms with Crippen LogP contribution in [0.25, 0.3) is 88.4 Å². The fraction of sp³-hybridized carbons (Fsp3) is 0. The first-order valence-corrected chi connectivity index (χ1v) is 20.6. The van der Waals surface area contributed by atoms with Crippen molar-refractivity contribution in [3.05, 3.63) is 200 Å². The van der Waals surface area contributed by atoms with Gasteiger partial charge in [-0.1, -0.05) is 103 Å². The lowest BCUT2D eigenvalue weighted by atomic mass is 10.1. The van der Waals surface area contributed by atoms with Gasteiger partial charge in [0, 0.05) is 49.6 Å². The molecule has 7 heteroatoms. The Labute approximate surface area is 353 Å². The third kappa shape index (κ3) is 5.28. The van der Waals surface area contributed by atoms with Crippen LogP contribution in [0.2, 0.25) is 0 Å². The van der Waals surface area contributed by atoms with Crippen LogP contribution in [-0.2, 0) is 0 Å². The summed E-state index contributed by atoms with van der Waals surface area (Å²) in [6.07, 6.45) is 0. The van der Waals surface area contributed by atoms with Gasteiger partial charge in [0.2, 0.25) is 5.89 Å². The molecule has 0 saturated carbocycles. The fourth-order valence-corrected chi connectivity index (χ4v) is 9.17. The Bertz CT molecular complexity index is 3840. The maximum Gasteiger partial charge on any atom is 0.228 e. The summed E-state index contributed by atoms with van der Waals surface area (Å²) in [5, 5.41) is 6.08. The van der Waals surface area contributed by atoms with E-state index in [2.05, 4.69) is 131 Å². The minimum Gasteiger partial charge on any atom is -0.456 e. The molecule has 0 fully saturated rings. The van der Waals surface area contributed by atoms with Crippen LogP contribution in [0.3, 0.4) is 0 Å². The summed E-state index contributed by atoms with van der Waals surface area (Å²) in [6.45, 7) is 0. The predicted octanol–water partition coefficient (Wildman–Crippen LogP) is 16.1. The van der Waals surface area contributed by atoms with Gasteiger partial charge in [0.25, 0.3) is 0 Å². The summed E-state index contributed by atoms with van der Waals surface area (Å²) in [5.74, 6) is 0.494. The molecule has 7 nitrogen and oxygen atoms in total. The van der Waals surface area contributed by atoms with Gasteiger partial charge in [-0.3, -0.25) is 0 Å². The van der Waals surface area contributed by atoms with Gasteiger partial charge in [0.1, 0.15) is 39.0 Å². The number of oxazole rings is 1. The lowest BCUT2D eigenvalue weighted by Gasteiger charge is -2.29. The molecule has 13 aromatic rings. The SMILES string of the molecule is c1ccc(N(c2cc(N(c3ccccc3)c3cccc4oc5ccccc5c34)c3oc(-c4cccc5oc6ccccc6c45)nc3c2)c2ccc3oc4ccccc4c3c2)cc1. The van der Waals surface area contributed by atoms with E-state index < -0.39 is 0 Å². The number of rotatable bonds is 7. The average molecular weight is 800 g/mol. The van der Waals surface area contributed by atoms with E-state index in [0.717, 1.165) is 106 Å². The number of nitrogens with zero attached hydrogens (tertiary/aromatic N) is 3. The zero-order valence-electron chi connectivity index (χ0n) is 33.0. The van der Waals surface area contributed by atoms with Gasteiger partial charge in [-0.25, -0.2) is 4.98 Å². The molecule has 0 amide bonds. The van der Waals surface area contributed by atoms with Crippen LogP contribution in [0.4, 0.5) is 34.1 Å². The lowest BCUT2D eigenvalue weighted by Crippen LogP contribution is -2.14. The van der Waals surface area contributed by atoms with Gasteiger partial charge in [0.15, 0.2) is 5.58 Å². The highest BCUT2D eigenvalue weighted by Crippen LogP contribution is 2.49. The molecule has 4 aromatic heterocycles. The average Bonchev–Trinajstić information content (AvgIpc) is 4.11. The van der Waals surface area contributed by atoms with Crippen molar-refractivity contribution >= 4 is 111 Å². The third-order valence-corrected chi connectivity index (χ3v) is 11.9. The number of aromatic nitrogens is 1. The smallest absolute Gasteiger partial charge is 0.228 e. The second-order valence-corrected chi connectivity index (χ2v) is 15.5. The highest BCUT2D eigenvalue weighted by molar-refractivity contribution is 6.15. The standard InChI is InChI=1S/C55H33N3O4/c1-3-15-34(16-4-1)57(36-29-30-49-42(31-36)38-19-7-10-24-46(38)59-49)37-32-43-54(62-55(56-43)41-22-13-27-50-52(41)39-20-8-11-25-47(39)60-50)45(33-37)58(35-17-5-2-6-18-35)44-23-14-28-51-53(44)40-21-9-12-26-48(40)61-51/h1-33H. The number of para-hydroxylation sites is 5. The zero-order chi connectivity index (χ0) is 40.7. The molecule has 0 N–H and O–H groups in total. The number of fused-ring (bicyclic) bond motifs is 10. The molecule has 0 unspecified atom stereocenters. The second kappa shape index (κ2) is 13.5. The molecular weight excluding hydrogens is 767 g/mol. The van der Waals surface area contributed by atoms with Gasteiger partial charge in [-0.2, -0.15) is 0 Å². The molecule has 62 heavy (non-hydrogen) atoms. The van der Waals surface area contributed by atoms with E-state index in [0.29, 0.717) is 17.0 Å². The van der Waals surface area contributed by atoms with E-state index >= 15 is 0 Å². The maximum absolute atomic E-state index is 7.11. The number of furan rings is 3. The van der Waals surface area contributed by atoms with Crippen molar-refractivity contribution in [1.82, 2.24) is 4.98 Å². The Morgan fingerprint density at radius 1 is 0.323 bits per heavy atom. The third-order valence-electron chi connectivity index (χ3n) is 11.9. The number of hydrogen-bond acceptors (Lipinski definition) is 7. The zero-order valence-corrected chi connectivity index (χ0v) is 33.0. The van der Waals surface area contributed by atoms with Crippen molar-refractivity contribution < 1.29 is 17.7 Å². The second-order valence-electron chi connectivity index (χ2n) is 15.5. The van der Waals surface area contributed by atoms with Crippen molar-refractivity contribution in [2.45, 2.75) is 0 Å². The molecule has 4 heterocycles. The van der Waals surface area contributed by atoms with Crippen molar-refractivity contribution in [3.8, 4) is 11.5 Å². The van der Waals surface area contributed by atoms with Crippen LogP contribution >= 0.6 is 0 Å². The Hall–Kier alpha value is -8.55. The highest BCUT2D eigenvalue weighted by atomic mass is 16.4. The van der Waals surface area contributed by atoms with Gasteiger partial charge in [0.05, 0.1) is 22.4 Å². The normalized spacial score (nSPS) is 11.9. The van der Waals surface area contributed by atoms with Crippen molar-refractivity contribution in [2.24, 2.45) is 0 Å². The number of benzene rings is 9. The molecule has 0 aliphatic carbocycles. The summed E-state index contributed by atoms with van der Waals surface area (Å²) in [4.78, 5) is 9.92. The summed E-state index contributed by atoms with van der Waals surface area (Å²) >= 11 is 0. The molecule has 0 atom stereocenters. The first-order chi connectivity index (χ1) is 30.7. The monoisotopic (exact) mass is 799 g/mol. The topological polar surface area (TPSA) is 71.9 Å². The van der Waals surface area contributed by atoms with Crippen molar-refractivity contribution in [3.63, 3.8) is 0 Å². The van der Waals surface area contributed by atoms with Crippen LogP contribution in [0.5, 0.6) is 0 Å². The van der Waals surface area contributed by atoms with E-state index in [1.165, 1.54) is 0 Å². The number of anilines is 6. The molecule has 292 valence electrons. The van der Waals surface area contributed by atoms with Crippen molar-refractivity contribution in [1.29, 1.82) is 0 Å². The van der Waals surface area contributed by atoms with E-state index in [-0.39, 0.29) is 0 Å². The Morgan fingerprint density at radius 3 is 1.60 bits per heavy atom. The molecular formula is C55H33N3O4. The lowest BCUT2D eigenvalue weighted by molar-refractivity contribution is 0.620. The largest absolute Gasteiger partial charge is 0.456 e. The van der Waals surface area contributed by atoms with Crippen LogP contribution < -0.4 is 9.80 Å². The Morgan fingerprint density at radius 2 is 0.871 bits per heavy atom. The van der Waals surface area contributed by atoms with E-state index in [9.17, 15) is 0 Å². The van der Waals surface area contributed by atoms with Gasteiger partial charge >= 0.3 is 0 Å². The Balaban J connectivity index is 1.13. The fourth-order valence-electron chi connectivity index (χ4n) is 9.17. The molecule has 0 saturated heterocycles. The summed E-state index contributed by atoms with van der Waals surface area (Å²) in [6, 6.07) is 68.4. The van der Waals surface area contributed by atoms with Gasteiger partial charge in [-0.15, -0.1) is 0 Å². The van der Waals surface area contributed by atoms with Crippen molar-refractivity contribution in [2.75, 3.05) is 9.80 Å². The van der Waals surface area contributed by atoms with Gasteiger partial charge < -0.3 is 27.5 Å². The van der Waals surface area contributed by atoms with Crippen LogP contribution in [-0.4, -0.2) is 4.98 Å². The van der Waals surface area contributed by atoms with E-state index in [1.807, 2.05) is 78.9 Å². The van der Waals surface area contributed by atoms with Crippen LogP contribution in [0, 0.1) is 0 Å². The first-order valence-electron chi connectivity index (χ1n) is 20.6. The number of hydrogen-bond donors (Lipinski definition) is 0. The minimum absolute atomic E-state index is 0.494. The summed E-state index contributed by atoms with van der Waals surface area (Å²) in [7, 11) is 0. The maximum atomic E-state index is 7.11. The van der Waals surface area contributed by atoms with Gasteiger partial charge in [-0.05, 0) is 97.1 Å². The first kappa shape index (κ1) is 34.3. The highest BCUT2D eigenvalue weighted by Gasteiger charge is 2.27. The molecule has 0 bridgehead atoms. The van der Waals surface area contributed by atoms with Crippen LogP contribution in [0.15, 0.2) is 218 Å². The molecule has 13 rings (SSSR count). The predicted molar refractivity (Wildman–Crippen MR) is 251 cm³/mol. The molecule has 0 radical (unpaired) electrons. The van der Waals surface area contributed by atoms with Crippen LogP contribution in [0.1, 0.15) is 0 Å². The summed E-state index contributed by atoms with van der Waals surface area (Å²) in [5.41, 5.74) is 12.6. The Kier molecular flexibility index (Phi) is 7.47. The van der Waals surface area contributed by atoms with E-state index in [1.54, 1.807) is 0 Å². The summed E-state index contributed by atoms with van der Waals surface area (Å²) < 4.78 is 26.2. The molecule has 0 aliphatic rings. The molecule has 9 aromatic carbocycles. The quantitative estimate of drug-likeness (QED) is 0.159. The minimum atomic E-state index is 0.494.